The Morgan fingerprint density at radius 1 is 1.06 bits per heavy atom. The second kappa shape index (κ2) is 6.56. The van der Waals surface area contributed by atoms with Gasteiger partial charge in [0.15, 0.2) is 0 Å². The number of hydrogen-bond acceptors (Lipinski definition) is 4. The van der Waals surface area contributed by atoms with Crippen LogP contribution >= 0.6 is 23.5 Å². The first kappa shape index (κ1) is 13.9. The monoisotopic (exact) mass is 270 g/mol. The minimum absolute atomic E-state index is 0.103. The molecule has 0 spiro atoms. The highest BCUT2D eigenvalue weighted by molar-refractivity contribution is 8.13. The van der Waals surface area contributed by atoms with Crippen LogP contribution in [0.2, 0.25) is 0 Å². The quantitative estimate of drug-likeness (QED) is 0.858. The maximum absolute atomic E-state index is 11.2. The molecule has 1 aromatic rings. The summed E-state index contributed by atoms with van der Waals surface area (Å²) >= 11 is 2.24. The predicted octanol–water partition coefficient (Wildman–Crippen LogP) is 3.78. The fourth-order valence-corrected chi connectivity index (χ4v) is 1.64. The van der Waals surface area contributed by atoms with Crippen LogP contribution in [0.4, 0.5) is 21.0 Å². The van der Waals surface area contributed by atoms with Crippen molar-refractivity contribution in [2.75, 3.05) is 23.1 Å². The number of anilines is 2. The number of rotatable bonds is 2. The summed E-state index contributed by atoms with van der Waals surface area (Å²) in [5, 5.41) is 5.28. The Labute approximate surface area is 109 Å². The maximum atomic E-state index is 11.2. The van der Waals surface area contributed by atoms with E-state index in [4.69, 9.17) is 0 Å². The van der Waals surface area contributed by atoms with Crippen LogP contribution in [0.15, 0.2) is 18.2 Å². The van der Waals surface area contributed by atoms with Gasteiger partial charge in [0.2, 0.25) is 0 Å². The Balaban J connectivity index is 2.79. The number of hydrogen-bond donors (Lipinski definition) is 2. The number of carbonyl (C=O) groups excluding carboxylic acids is 2. The van der Waals surface area contributed by atoms with Crippen molar-refractivity contribution in [3.63, 3.8) is 0 Å². The van der Waals surface area contributed by atoms with Gasteiger partial charge >= 0.3 is 0 Å². The summed E-state index contributed by atoms with van der Waals surface area (Å²) in [6.07, 6.45) is 3.44. The van der Waals surface area contributed by atoms with Gasteiger partial charge in [0.1, 0.15) is 0 Å². The molecule has 6 heteroatoms. The van der Waals surface area contributed by atoms with Crippen LogP contribution in [0.25, 0.3) is 0 Å². The predicted molar refractivity (Wildman–Crippen MR) is 76.2 cm³/mol. The van der Waals surface area contributed by atoms with E-state index in [-0.39, 0.29) is 10.5 Å². The summed E-state index contributed by atoms with van der Waals surface area (Å²) in [5.74, 6) is 0. The van der Waals surface area contributed by atoms with Crippen molar-refractivity contribution in [3.05, 3.63) is 23.8 Å². The van der Waals surface area contributed by atoms with E-state index in [0.717, 1.165) is 40.5 Å². The highest BCUT2D eigenvalue weighted by Gasteiger charge is 2.05. The molecule has 0 radical (unpaired) electrons. The molecule has 0 fully saturated rings. The molecule has 0 bridgehead atoms. The largest absolute Gasteiger partial charge is 0.317 e. The third-order valence-corrected chi connectivity index (χ3v) is 3.03. The number of carbonyl (C=O) groups is 2. The maximum Gasteiger partial charge on any atom is 0.283 e. The lowest BCUT2D eigenvalue weighted by atomic mass is 10.2. The van der Waals surface area contributed by atoms with E-state index < -0.39 is 0 Å². The second-order valence-electron chi connectivity index (χ2n) is 3.26. The second-order valence-corrected chi connectivity index (χ2v) is 4.82. The molecule has 17 heavy (non-hydrogen) atoms. The average Bonchev–Trinajstić information content (AvgIpc) is 2.32. The van der Waals surface area contributed by atoms with Gasteiger partial charge in [0.05, 0.1) is 0 Å². The third-order valence-electron chi connectivity index (χ3n) is 2.08. The van der Waals surface area contributed by atoms with Crippen LogP contribution in [-0.2, 0) is 0 Å². The van der Waals surface area contributed by atoms with E-state index in [9.17, 15) is 9.59 Å². The minimum atomic E-state index is -0.106. The SMILES string of the molecule is CSC(=O)Nc1ccc(NC(=O)SC)c(C)c1. The number of thioether (sulfide) groups is 2. The molecule has 0 aliphatic rings. The van der Waals surface area contributed by atoms with Crippen LogP contribution in [0.5, 0.6) is 0 Å². The number of amides is 2. The first-order valence-electron chi connectivity index (χ1n) is 4.87. The topological polar surface area (TPSA) is 58.2 Å². The summed E-state index contributed by atoms with van der Waals surface area (Å²) in [6, 6.07) is 5.36. The molecular formula is C11H14N2O2S2. The summed E-state index contributed by atoms with van der Waals surface area (Å²) < 4.78 is 0. The van der Waals surface area contributed by atoms with Crippen molar-refractivity contribution in [2.45, 2.75) is 6.92 Å². The number of benzene rings is 1. The van der Waals surface area contributed by atoms with Gasteiger partial charge in [-0.25, -0.2) is 0 Å². The number of aryl methyl sites for hydroxylation is 1. The molecule has 92 valence electrons. The number of nitrogens with one attached hydrogen (secondary N) is 2. The van der Waals surface area contributed by atoms with E-state index in [2.05, 4.69) is 10.6 Å². The van der Waals surface area contributed by atoms with Crippen LogP contribution in [0, 0.1) is 6.92 Å². The lowest BCUT2D eigenvalue weighted by Gasteiger charge is -2.09. The minimum Gasteiger partial charge on any atom is -0.317 e. The van der Waals surface area contributed by atoms with Crippen LogP contribution < -0.4 is 10.6 Å². The molecule has 4 nitrogen and oxygen atoms in total. The molecule has 0 aliphatic heterocycles. The molecule has 2 amide bonds. The van der Waals surface area contributed by atoms with E-state index in [0.29, 0.717) is 0 Å². The molecule has 0 atom stereocenters. The van der Waals surface area contributed by atoms with Crippen LogP contribution in [0.1, 0.15) is 5.56 Å². The van der Waals surface area contributed by atoms with Crippen LogP contribution in [0.3, 0.4) is 0 Å². The van der Waals surface area contributed by atoms with Crippen molar-refractivity contribution < 1.29 is 9.59 Å². The molecule has 0 saturated carbocycles. The molecule has 2 N–H and O–H groups in total. The third kappa shape index (κ3) is 4.32. The van der Waals surface area contributed by atoms with Gasteiger partial charge in [-0.15, -0.1) is 0 Å². The zero-order valence-corrected chi connectivity index (χ0v) is 11.5. The highest BCUT2D eigenvalue weighted by atomic mass is 32.2. The Morgan fingerprint density at radius 2 is 1.65 bits per heavy atom. The molecule has 0 aromatic heterocycles. The molecule has 1 aromatic carbocycles. The van der Waals surface area contributed by atoms with Gasteiger partial charge < -0.3 is 10.6 Å². The standard InChI is InChI=1S/C11H14N2O2S2/c1-7-6-8(12-10(14)16-2)4-5-9(7)13-11(15)17-3/h4-6H,1-3H3,(H,12,14)(H,13,15). The van der Waals surface area contributed by atoms with Crippen molar-refractivity contribution in [1.29, 1.82) is 0 Å². The van der Waals surface area contributed by atoms with Gasteiger partial charge in [0.25, 0.3) is 10.5 Å². The molecule has 0 unspecified atom stereocenters. The van der Waals surface area contributed by atoms with Gasteiger partial charge in [-0.05, 0) is 43.2 Å². The normalized spacial score (nSPS) is 9.82. The van der Waals surface area contributed by atoms with E-state index in [1.54, 1.807) is 24.6 Å². The Bertz CT molecular complexity index is 435. The van der Waals surface area contributed by atoms with Crippen molar-refractivity contribution in [3.8, 4) is 0 Å². The summed E-state index contributed by atoms with van der Waals surface area (Å²) in [7, 11) is 0. The van der Waals surface area contributed by atoms with Crippen LogP contribution in [-0.4, -0.2) is 23.0 Å². The smallest absolute Gasteiger partial charge is 0.283 e. The first-order chi connectivity index (χ1) is 8.06. The molecule has 1 rings (SSSR count). The zero-order valence-electron chi connectivity index (χ0n) is 9.87. The van der Waals surface area contributed by atoms with Crippen molar-refractivity contribution in [2.24, 2.45) is 0 Å². The summed E-state index contributed by atoms with van der Waals surface area (Å²) in [6.45, 7) is 1.88. The average molecular weight is 270 g/mol. The Kier molecular flexibility index (Phi) is 5.37. The zero-order chi connectivity index (χ0) is 12.8. The van der Waals surface area contributed by atoms with E-state index in [1.807, 2.05) is 13.0 Å². The Morgan fingerprint density at radius 3 is 2.18 bits per heavy atom. The van der Waals surface area contributed by atoms with Gasteiger partial charge in [-0.3, -0.25) is 9.59 Å². The fraction of sp³-hybridized carbons (Fsp3) is 0.273. The lowest BCUT2D eigenvalue weighted by Crippen LogP contribution is -2.07. The highest BCUT2D eigenvalue weighted by Crippen LogP contribution is 2.21. The molecule has 0 aliphatic carbocycles. The Hall–Kier alpha value is -1.14. The fourth-order valence-electron chi connectivity index (χ4n) is 1.21. The van der Waals surface area contributed by atoms with Crippen molar-refractivity contribution >= 4 is 45.4 Å². The van der Waals surface area contributed by atoms with Gasteiger partial charge in [0, 0.05) is 11.4 Å². The van der Waals surface area contributed by atoms with Gasteiger partial charge in [-0.2, -0.15) is 0 Å². The summed E-state index contributed by atoms with van der Waals surface area (Å²) in [5.41, 5.74) is 2.39. The van der Waals surface area contributed by atoms with E-state index in [1.165, 1.54) is 0 Å². The van der Waals surface area contributed by atoms with Gasteiger partial charge in [-0.1, -0.05) is 23.5 Å². The summed E-state index contributed by atoms with van der Waals surface area (Å²) in [4.78, 5) is 22.4. The molecule has 0 saturated heterocycles. The van der Waals surface area contributed by atoms with Crippen molar-refractivity contribution in [1.82, 2.24) is 0 Å². The molecule has 0 heterocycles. The van der Waals surface area contributed by atoms with E-state index >= 15 is 0 Å². The first-order valence-corrected chi connectivity index (χ1v) is 7.32. The molecular weight excluding hydrogens is 256 g/mol. The lowest BCUT2D eigenvalue weighted by molar-refractivity contribution is 0.269.